The van der Waals surface area contributed by atoms with Crippen molar-refractivity contribution < 1.29 is 0 Å². The Hall–Kier alpha value is -2.66. The summed E-state index contributed by atoms with van der Waals surface area (Å²) in [5, 5.41) is 23.4. The van der Waals surface area contributed by atoms with Crippen LogP contribution in [0.15, 0.2) is 48.5 Å². The van der Waals surface area contributed by atoms with Crippen molar-refractivity contribution in [3.63, 3.8) is 0 Å². The third-order valence-corrected chi connectivity index (χ3v) is 3.16. The number of benzene rings is 3. The zero-order chi connectivity index (χ0) is 12.5. The average molecular weight is 228 g/mol. The Labute approximate surface area is 104 Å². The molecule has 0 aliphatic carbocycles. The first-order valence-electron chi connectivity index (χ1n) is 5.60. The summed E-state index contributed by atoms with van der Waals surface area (Å²) < 4.78 is 0. The number of fused-ring (bicyclic) bond motifs is 2. The molecule has 0 heterocycles. The van der Waals surface area contributed by atoms with Gasteiger partial charge in [-0.2, -0.15) is 0 Å². The SMILES string of the molecule is [N-]=C=c1c2ccccc2c(=C=[N-])c2ccccc12. The monoisotopic (exact) mass is 228 g/mol. The lowest BCUT2D eigenvalue weighted by atomic mass is 9.99. The lowest BCUT2D eigenvalue weighted by Gasteiger charge is -2.06. The summed E-state index contributed by atoms with van der Waals surface area (Å²) in [6.45, 7) is 0. The molecule has 0 saturated heterocycles. The molecule has 0 aliphatic rings. The summed E-state index contributed by atoms with van der Waals surface area (Å²) in [5.74, 6) is 4.51. The van der Waals surface area contributed by atoms with Crippen molar-refractivity contribution in [2.45, 2.75) is 0 Å². The summed E-state index contributed by atoms with van der Waals surface area (Å²) in [6.07, 6.45) is 0. The van der Waals surface area contributed by atoms with E-state index in [1.807, 2.05) is 48.5 Å². The Kier molecular flexibility index (Phi) is 2.32. The molecule has 0 bridgehead atoms. The predicted molar refractivity (Wildman–Crippen MR) is 75.6 cm³/mol. The van der Waals surface area contributed by atoms with Crippen molar-refractivity contribution in [2.24, 2.45) is 0 Å². The number of nitrogens with zero attached hydrogens (tertiary/aromatic N) is 2. The molecule has 0 amide bonds. The summed E-state index contributed by atoms with van der Waals surface area (Å²) in [6, 6.07) is 15.1. The van der Waals surface area contributed by atoms with Gasteiger partial charge in [0.2, 0.25) is 0 Å². The van der Waals surface area contributed by atoms with Crippen LogP contribution in [-0.4, -0.2) is 11.7 Å². The van der Waals surface area contributed by atoms with E-state index in [1.54, 1.807) is 0 Å². The van der Waals surface area contributed by atoms with Crippen molar-refractivity contribution in [2.75, 3.05) is 0 Å². The highest BCUT2D eigenvalue weighted by atomic mass is 14.3. The normalized spacial score (nSPS) is 10.2. The van der Waals surface area contributed by atoms with Crippen molar-refractivity contribution in [3.8, 4) is 0 Å². The van der Waals surface area contributed by atoms with Crippen LogP contribution in [0.25, 0.3) is 32.4 Å². The van der Waals surface area contributed by atoms with Gasteiger partial charge < -0.3 is 10.8 Å². The molecule has 0 unspecified atom stereocenters. The minimum Gasteiger partial charge on any atom is -0.763 e. The molecule has 3 rings (SSSR count). The Morgan fingerprint density at radius 1 is 0.556 bits per heavy atom. The predicted octanol–water partition coefficient (Wildman–Crippen LogP) is 1.81. The molecule has 3 aromatic rings. The Morgan fingerprint density at radius 2 is 0.833 bits per heavy atom. The van der Waals surface area contributed by atoms with Crippen LogP contribution in [0.2, 0.25) is 0 Å². The van der Waals surface area contributed by atoms with E-state index in [4.69, 9.17) is 0 Å². The quantitative estimate of drug-likeness (QED) is 0.416. The van der Waals surface area contributed by atoms with Crippen molar-refractivity contribution >= 4 is 33.3 Å². The van der Waals surface area contributed by atoms with Gasteiger partial charge in [-0.15, -0.1) is 0 Å². The lowest BCUT2D eigenvalue weighted by Crippen LogP contribution is -2.16. The van der Waals surface area contributed by atoms with Gasteiger partial charge in [-0.3, -0.25) is 11.7 Å². The molecular formula is C16H8N2-2. The first-order valence-corrected chi connectivity index (χ1v) is 5.60. The van der Waals surface area contributed by atoms with Crippen molar-refractivity contribution in [3.05, 3.63) is 69.8 Å². The molecule has 0 aromatic heterocycles. The van der Waals surface area contributed by atoms with E-state index < -0.39 is 0 Å². The second kappa shape index (κ2) is 3.97. The maximum absolute atomic E-state index is 9.36. The number of hydrogen-bond donors (Lipinski definition) is 0. The van der Waals surface area contributed by atoms with Gasteiger partial charge >= 0.3 is 0 Å². The second-order valence-electron chi connectivity index (χ2n) is 4.06. The highest BCUT2D eigenvalue weighted by Gasteiger charge is 2.02. The standard InChI is InChI=1S/C16H8N2/c17-9-15-11-5-1-2-6-12(11)16(10-18)14-8-4-3-7-13(14)15/h1-8H/q-2. The molecule has 0 saturated carbocycles. The van der Waals surface area contributed by atoms with Crippen molar-refractivity contribution in [1.29, 1.82) is 0 Å². The highest BCUT2D eigenvalue weighted by Crippen LogP contribution is 2.11. The summed E-state index contributed by atoms with van der Waals surface area (Å²) in [4.78, 5) is 0. The molecule has 2 nitrogen and oxygen atoms in total. The molecule has 84 valence electrons. The molecule has 0 aliphatic heterocycles. The number of hydrogen-bond acceptors (Lipinski definition) is 0. The van der Waals surface area contributed by atoms with Gasteiger partial charge in [-0.25, -0.2) is 0 Å². The smallest absolute Gasteiger partial charge is 0.00868 e. The fourth-order valence-corrected chi connectivity index (χ4v) is 2.37. The minimum absolute atomic E-state index is 0.639. The summed E-state index contributed by atoms with van der Waals surface area (Å²) in [7, 11) is 0. The van der Waals surface area contributed by atoms with E-state index in [9.17, 15) is 10.8 Å². The largest absolute Gasteiger partial charge is 0.763 e. The van der Waals surface area contributed by atoms with Gasteiger partial charge in [0.05, 0.1) is 0 Å². The fraction of sp³-hybridized carbons (Fsp3) is 0. The van der Waals surface area contributed by atoms with Gasteiger partial charge in [-0.1, -0.05) is 48.5 Å². The maximum Gasteiger partial charge on any atom is 0.00868 e. The lowest BCUT2D eigenvalue weighted by molar-refractivity contribution is 1.70. The third-order valence-electron chi connectivity index (χ3n) is 3.16. The van der Waals surface area contributed by atoms with Gasteiger partial charge in [0.15, 0.2) is 0 Å². The van der Waals surface area contributed by atoms with Crippen LogP contribution >= 0.6 is 0 Å². The first-order chi connectivity index (χ1) is 8.86. The zero-order valence-corrected chi connectivity index (χ0v) is 9.51. The topological polar surface area (TPSA) is 44.6 Å². The zero-order valence-electron chi connectivity index (χ0n) is 9.51. The molecule has 18 heavy (non-hydrogen) atoms. The van der Waals surface area contributed by atoms with Gasteiger partial charge in [-0.05, 0) is 21.5 Å². The van der Waals surface area contributed by atoms with E-state index in [0.717, 1.165) is 21.5 Å². The Bertz CT molecular complexity index is 787. The fourth-order valence-electron chi connectivity index (χ4n) is 2.37. The summed E-state index contributed by atoms with van der Waals surface area (Å²) >= 11 is 0. The van der Waals surface area contributed by atoms with Crippen LogP contribution in [0, 0.1) is 0 Å². The van der Waals surface area contributed by atoms with Crippen LogP contribution in [-0.2, 0) is 0 Å². The van der Waals surface area contributed by atoms with Gasteiger partial charge in [0, 0.05) is 10.4 Å². The van der Waals surface area contributed by atoms with Crippen LogP contribution in [0.4, 0.5) is 0 Å². The minimum atomic E-state index is 0.639. The average Bonchev–Trinajstić information content (AvgIpc) is 2.44. The molecule has 0 N–H and O–H groups in total. The maximum atomic E-state index is 9.36. The van der Waals surface area contributed by atoms with E-state index in [1.165, 1.54) is 0 Å². The van der Waals surface area contributed by atoms with Crippen LogP contribution in [0.3, 0.4) is 0 Å². The van der Waals surface area contributed by atoms with Gasteiger partial charge in [0.1, 0.15) is 0 Å². The molecule has 0 atom stereocenters. The van der Waals surface area contributed by atoms with E-state index in [0.29, 0.717) is 10.4 Å². The Balaban J connectivity index is 2.92. The van der Waals surface area contributed by atoms with Crippen molar-refractivity contribution in [1.82, 2.24) is 0 Å². The molecular weight excluding hydrogens is 220 g/mol. The molecule has 0 radical (unpaired) electrons. The summed E-state index contributed by atoms with van der Waals surface area (Å²) in [5.41, 5.74) is 0. The molecule has 3 aromatic carbocycles. The molecule has 0 fully saturated rings. The van der Waals surface area contributed by atoms with E-state index in [2.05, 4.69) is 11.7 Å². The first kappa shape index (κ1) is 10.5. The molecule has 0 spiro atoms. The number of rotatable bonds is 0. The van der Waals surface area contributed by atoms with Gasteiger partial charge in [0.25, 0.3) is 0 Å². The van der Waals surface area contributed by atoms with Crippen LogP contribution in [0.5, 0.6) is 0 Å². The van der Waals surface area contributed by atoms with Crippen LogP contribution < -0.4 is 10.4 Å². The highest BCUT2D eigenvalue weighted by molar-refractivity contribution is 6.04. The van der Waals surface area contributed by atoms with E-state index >= 15 is 0 Å². The van der Waals surface area contributed by atoms with E-state index in [-0.39, 0.29) is 0 Å². The Morgan fingerprint density at radius 3 is 1.06 bits per heavy atom. The van der Waals surface area contributed by atoms with Crippen LogP contribution in [0.1, 0.15) is 0 Å². The molecule has 2 heteroatoms. The third kappa shape index (κ3) is 1.31. The second-order valence-corrected chi connectivity index (χ2v) is 4.06.